The number of carbonyl (C=O) groups is 2. The van der Waals surface area contributed by atoms with E-state index in [1.165, 1.54) is 4.90 Å². The average Bonchev–Trinajstić information content (AvgIpc) is 3.01. The largest absolute Gasteiger partial charge is 0.462 e. The second-order valence-corrected chi connectivity index (χ2v) is 8.04. The zero-order chi connectivity index (χ0) is 22.0. The summed E-state index contributed by atoms with van der Waals surface area (Å²) in [6.45, 7) is 2.62. The number of carbonyl (C=O) groups excluding carboxylic acids is 2. The van der Waals surface area contributed by atoms with E-state index in [4.69, 9.17) is 27.9 Å². The van der Waals surface area contributed by atoms with Crippen LogP contribution in [0, 0.1) is 0 Å². The lowest BCUT2D eigenvalue weighted by Gasteiger charge is -2.19. The monoisotopic (exact) mass is 457 g/mol. The Hall–Kier alpha value is -2.96. The molecule has 160 valence electrons. The number of ether oxygens (including phenoxy) is 1. The number of anilines is 1. The molecule has 1 aliphatic rings. The zero-order valence-electron chi connectivity index (χ0n) is 16.9. The van der Waals surface area contributed by atoms with Crippen LogP contribution in [0.15, 0.2) is 48.7 Å². The van der Waals surface area contributed by atoms with Crippen LogP contribution in [0.25, 0.3) is 16.5 Å². The Morgan fingerprint density at radius 2 is 2.00 bits per heavy atom. The number of benzene rings is 2. The molecule has 2 heterocycles. The molecule has 2 amide bonds. The lowest BCUT2D eigenvalue weighted by Crippen LogP contribution is -2.32. The van der Waals surface area contributed by atoms with Crippen molar-refractivity contribution in [2.24, 2.45) is 0 Å². The zero-order valence-corrected chi connectivity index (χ0v) is 18.4. The van der Waals surface area contributed by atoms with Crippen molar-refractivity contribution in [1.29, 1.82) is 0 Å². The van der Waals surface area contributed by atoms with E-state index in [-0.39, 0.29) is 0 Å². The average molecular weight is 458 g/mol. The number of para-hydroxylation sites is 1. The fraction of sp³-hybridized carbons (Fsp3) is 0.217. The fourth-order valence-corrected chi connectivity index (χ4v) is 4.03. The number of urea groups is 1. The summed E-state index contributed by atoms with van der Waals surface area (Å²) >= 11 is 12.1. The van der Waals surface area contributed by atoms with E-state index in [0.717, 1.165) is 16.5 Å². The molecule has 0 bridgehead atoms. The maximum Gasteiger partial charge on any atom is 0.341 e. The van der Waals surface area contributed by atoms with E-state index in [2.05, 4.69) is 10.3 Å². The number of amides is 2. The van der Waals surface area contributed by atoms with Gasteiger partial charge in [-0.05, 0) is 42.7 Å². The van der Waals surface area contributed by atoms with Crippen molar-refractivity contribution in [3.63, 3.8) is 0 Å². The van der Waals surface area contributed by atoms with Crippen LogP contribution in [0.3, 0.4) is 0 Å². The SMILES string of the molecule is CCCOC(=O)C1=CN(C(=O)Nc2ccc(Cl)cc2Cl)CCc2c1[nH]c1ccccc21. The molecule has 0 saturated heterocycles. The summed E-state index contributed by atoms with van der Waals surface area (Å²) in [5.41, 5.74) is 3.35. The summed E-state index contributed by atoms with van der Waals surface area (Å²) in [5.74, 6) is -0.473. The van der Waals surface area contributed by atoms with E-state index in [1.807, 2.05) is 31.2 Å². The molecule has 0 saturated carbocycles. The highest BCUT2D eigenvalue weighted by Crippen LogP contribution is 2.32. The molecule has 0 atom stereocenters. The number of H-pyrrole nitrogens is 1. The number of aromatic amines is 1. The normalized spacial score (nSPS) is 13.4. The quantitative estimate of drug-likeness (QED) is 0.481. The van der Waals surface area contributed by atoms with Gasteiger partial charge in [0.1, 0.15) is 0 Å². The third-order valence-corrected chi connectivity index (χ3v) is 5.61. The van der Waals surface area contributed by atoms with Crippen LogP contribution in [0.4, 0.5) is 10.5 Å². The third-order valence-electron chi connectivity index (χ3n) is 5.06. The minimum absolute atomic E-state index is 0.304. The highest BCUT2D eigenvalue weighted by atomic mass is 35.5. The Kier molecular flexibility index (Phi) is 6.20. The number of nitrogens with zero attached hydrogens (tertiary/aromatic N) is 1. The molecule has 0 unspecified atom stereocenters. The molecule has 0 spiro atoms. The minimum atomic E-state index is -0.473. The summed E-state index contributed by atoms with van der Waals surface area (Å²) in [4.78, 5) is 30.6. The molecular formula is C23H21Cl2N3O3. The summed E-state index contributed by atoms with van der Waals surface area (Å²) in [6, 6.07) is 12.3. The standard InChI is InChI=1S/C23H21Cl2N3O3/c1-2-11-31-22(29)17-13-28(23(30)27-20-8-7-14(24)12-18(20)25)10-9-16-15-5-3-4-6-19(15)26-21(16)17/h3-8,12-13,26H,2,9-11H2,1H3,(H,27,30). The Bertz CT molecular complexity index is 1190. The highest BCUT2D eigenvalue weighted by molar-refractivity contribution is 6.36. The molecule has 2 aromatic carbocycles. The van der Waals surface area contributed by atoms with Gasteiger partial charge in [0.05, 0.1) is 28.6 Å². The van der Waals surface area contributed by atoms with Gasteiger partial charge >= 0.3 is 12.0 Å². The van der Waals surface area contributed by atoms with Crippen molar-refractivity contribution in [2.45, 2.75) is 19.8 Å². The number of rotatable bonds is 4. The van der Waals surface area contributed by atoms with E-state index < -0.39 is 12.0 Å². The summed E-state index contributed by atoms with van der Waals surface area (Å²) in [5, 5.41) is 4.61. The minimum Gasteiger partial charge on any atom is -0.462 e. The lowest BCUT2D eigenvalue weighted by atomic mass is 10.0. The Labute approximate surface area is 189 Å². The van der Waals surface area contributed by atoms with Gasteiger partial charge in [0, 0.05) is 28.7 Å². The van der Waals surface area contributed by atoms with E-state index in [0.29, 0.717) is 53.0 Å². The molecule has 0 radical (unpaired) electrons. The van der Waals surface area contributed by atoms with Crippen molar-refractivity contribution >= 4 is 57.4 Å². The second kappa shape index (κ2) is 9.04. The van der Waals surface area contributed by atoms with Gasteiger partial charge < -0.3 is 15.0 Å². The van der Waals surface area contributed by atoms with Crippen LogP contribution >= 0.6 is 23.2 Å². The Balaban J connectivity index is 1.69. The van der Waals surface area contributed by atoms with E-state index >= 15 is 0 Å². The van der Waals surface area contributed by atoms with Gasteiger partial charge in [0.2, 0.25) is 0 Å². The molecule has 8 heteroatoms. The maximum absolute atomic E-state index is 13.0. The van der Waals surface area contributed by atoms with E-state index in [9.17, 15) is 9.59 Å². The van der Waals surface area contributed by atoms with Gasteiger partial charge in [-0.2, -0.15) is 0 Å². The molecule has 4 rings (SSSR count). The van der Waals surface area contributed by atoms with Crippen molar-refractivity contribution < 1.29 is 14.3 Å². The lowest BCUT2D eigenvalue weighted by molar-refractivity contribution is -0.136. The molecular weight excluding hydrogens is 437 g/mol. The van der Waals surface area contributed by atoms with Crippen LogP contribution in [0.1, 0.15) is 24.6 Å². The molecule has 0 fully saturated rings. The maximum atomic E-state index is 13.0. The molecule has 1 aliphatic heterocycles. The van der Waals surface area contributed by atoms with Crippen LogP contribution in [0.2, 0.25) is 10.0 Å². The number of fused-ring (bicyclic) bond motifs is 3. The molecule has 6 nitrogen and oxygen atoms in total. The number of aromatic nitrogens is 1. The van der Waals surface area contributed by atoms with Crippen molar-refractivity contribution in [1.82, 2.24) is 9.88 Å². The predicted molar refractivity (Wildman–Crippen MR) is 123 cm³/mol. The van der Waals surface area contributed by atoms with Crippen LogP contribution in [-0.4, -0.2) is 35.0 Å². The van der Waals surface area contributed by atoms with Crippen molar-refractivity contribution in [3.8, 4) is 0 Å². The molecule has 31 heavy (non-hydrogen) atoms. The predicted octanol–water partition coefficient (Wildman–Crippen LogP) is 5.86. The van der Waals surface area contributed by atoms with Gasteiger partial charge in [-0.15, -0.1) is 0 Å². The molecule has 2 N–H and O–H groups in total. The third kappa shape index (κ3) is 4.40. The number of hydrogen-bond donors (Lipinski definition) is 2. The Morgan fingerprint density at radius 1 is 1.19 bits per heavy atom. The first-order chi connectivity index (χ1) is 15.0. The van der Waals surface area contributed by atoms with Crippen molar-refractivity contribution in [3.05, 3.63) is 70.0 Å². The smallest absolute Gasteiger partial charge is 0.341 e. The van der Waals surface area contributed by atoms with Gasteiger partial charge in [0.15, 0.2) is 0 Å². The van der Waals surface area contributed by atoms with E-state index in [1.54, 1.807) is 24.4 Å². The Morgan fingerprint density at radius 3 is 2.77 bits per heavy atom. The van der Waals surface area contributed by atoms with Gasteiger partial charge in [-0.1, -0.05) is 48.3 Å². The number of nitrogens with one attached hydrogen (secondary N) is 2. The fourth-order valence-electron chi connectivity index (χ4n) is 3.57. The van der Waals surface area contributed by atoms with Gasteiger partial charge in [-0.3, -0.25) is 4.90 Å². The second-order valence-electron chi connectivity index (χ2n) is 7.20. The van der Waals surface area contributed by atoms with Gasteiger partial charge in [0.25, 0.3) is 0 Å². The number of hydrogen-bond acceptors (Lipinski definition) is 3. The summed E-state index contributed by atoms with van der Waals surface area (Å²) in [6.07, 6.45) is 2.82. The number of halogens is 2. The topological polar surface area (TPSA) is 74.4 Å². The van der Waals surface area contributed by atoms with Gasteiger partial charge in [-0.25, -0.2) is 9.59 Å². The summed E-state index contributed by atoms with van der Waals surface area (Å²) < 4.78 is 5.40. The first-order valence-electron chi connectivity index (χ1n) is 9.99. The molecule has 0 aliphatic carbocycles. The number of esters is 1. The summed E-state index contributed by atoms with van der Waals surface area (Å²) in [7, 11) is 0. The van der Waals surface area contributed by atoms with Crippen molar-refractivity contribution in [2.75, 3.05) is 18.5 Å². The first-order valence-corrected chi connectivity index (χ1v) is 10.7. The van der Waals surface area contributed by atoms with Crippen LogP contribution < -0.4 is 5.32 Å². The molecule has 1 aromatic heterocycles. The van der Waals surface area contributed by atoms with Crippen LogP contribution in [-0.2, 0) is 16.0 Å². The molecule has 3 aromatic rings. The first kappa shape index (κ1) is 21.3. The van der Waals surface area contributed by atoms with Crippen LogP contribution in [0.5, 0.6) is 0 Å². The highest BCUT2D eigenvalue weighted by Gasteiger charge is 2.27.